The molecule has 1 aromatic heterocycles. The highest BCUT2D eigenvalue weighted by molar-refractivity contribution is 7.85. The lowest BCUT2D eigenvalue weighted by molar-refractivity contribution is 0.273. The molecule has 0 atom stereocenters. The summed E-state index contributed by atoms with van der Waals surface area (Å²) < 4.78 is 33.7. The maximum atomic E-state index is 9.19. The summed E-state index contributed by atoms with van der Waals surface area (Å²) in [6.07, 6.45) is 3.67. The van der Waals surface area contributed by atoms with E-state index in [1.165, 1.54) is 0 Å². The van der Waals surface area contributed by atoms with E-state index >= 15 is 0 Å². The Balaban J connectivity index is 0.000000575. The molecule has 0 saturated heterocycles. The summed E-state index contributed by atoms with van der Waals surface area (Å²) in [4.78, 5) is 2.15. The minimum Gasteiger partial charge on any atom is -0.476 e. The van der Waals surface area contributed by atoms with Crippen molar-refractivity contribution in [3.8, 4) is 22.7 Å². The molecule has 0 saturated carbocycles. The van der Waals surface area contributed by atoms with E-state index in [1.807, 2.05) is 53.3 Å². The summed E-state index contributed by atoms with van der Waals surface area (Å²) in [5, 5.41) is 5.35. The van der Waals surface area contributed by atoms with Gasteiger partial charge in [0.15, 0.2) is 0 Å². The van der Waals surface area contributed by atoms with E-state index in [9.17, 15) is 8.42 Å². The van der Waals surface area contributed by atoms with Crippen molar-refractivity contribution in [3.05, 3.63) is 65.8 Å². The van der Waals surface area contributed by atoms with Crippen LogP contribution in [0.5, 0.6) is 5.88 Å². The third-order valence-corrected chi connectivity index (χ3v) is 4.10. The minimum atomic E-state index is -3.67. The monoisotopic (exact) mass is 451 g/mol. The fourth-order valence-electron chi connectivity index (χ4n) is 2.56. The fourth-order valence-corrected chi connectivity index (χ4v) is 2.68. The summed E-state index contributed by atoms with van der Waals surface area (Å²) in [5.74, 6) is 0.653. The Labute approximate surface area is 182 Å². The molecule has 0 aliphatic heterocycles. The summed E-state index contributed by atoms with van der Waals surface area (Å²) in [5.41, 5.74) is 3.02. The Morgan fingerprint density at radius 3 is 2.27 bits per heavy atom. The zero-order valence-electron chi connectivity index (χ0n) is 17.2. The van der Waals surface area contributed by atoms with Crippen LogP contribution in [0.1, 0.15) is 6.42 Å². The van der Waals surface area contributed by atoms with Crippen LogP contribution < -0.4 is 4.74 Å². The SMILES string of the molecule is CN(C)CCCOc1nn(-c2ccc(Cl)cc2)cc1-c1ccccc1.CS(=O)(=O)O. The van der Waals surface area contributed by atoms with Gasteiger partial charge in [0, 0.05) is 17.8 Å². The van der Waals surface area contributed by atoms with Gasteiger partial charge < -0.3 is 9.64 Å². The zero-order valence-corrected chi connectivity index (χ0v) is 18.8. The van der Waals surface area contributed by atoms with E-state index in [4.69, 9.17) is 20.9 Å². The maximum Gasteiger partial charge on any atom is 0.261 e. The second kappa shape index (κ2) is 11.1. The van der Waals surface area contributed by atoms with E-state index in [0.717, 1.165) is 29.8 Å². The second-order valence-electron chi connectivity index (χ2n) is 6.87. The highest BCUT2D eigenvalue weighted by atomic mass is 35.5. The average Bonchev–Trinajstić information content (AvgIpc) is 3.09. The molecule has 3 aromatic rings. The molecule has 162 valence electrons. The molecule has 0 unspecified atom stereocenters. The molecule has 9 heteroatoms. The Kier molecular flexibility index (Phi) is 8.86. The van der Waals surface area contributed by atoms with Gasteiger partial charge in [-0.15, -0.1) is 5.10 Å². The predicted molar refractivity (Wildman–Crippen MR) is 120 cm³/mol. The number of halogens is 1. The van der Waals surface area contributed by atoms with Crippen LogP contribution in [0.2, 0.25) is 5.02 Å². The second-order valence-corrected chi connectivity index (χ2v) is 8.78. The van der Waals surface area contributed by atoms with Crippen LogP contribution in [0, 0.1) is 0 Å². The summed E-state index contributed by atoms with van der Waals surface area (Å²) in [6.45, 7) is 1.62. The van der Waals surface area contributed by atoms with Crippen molar-refractivity contribution in [1.29, 1.82) is 0 Å². The number of ether oxygens (including phenoxy) is 1. The lowest BCUT2D eigenvalue weighted by atomic mass is 10.1. The van der Waals surface area contributed by atoms with Gasteiger partial charge in [0.05, 0.1) is 24.1 Å². The first-order valence-corrected chi connectivity index (χ1v) is 11.5. The van der Waals surface area contributed by atoms with Gasteiger partial charge >= 0.3 is 0 Å². The van der Waals surface area contributed by atoms with Gasteiger partial charge in [-0.25, -0.2) is 4.68 Å². The van der Waals surface area contributed by atoms with Crippen LogP contribution in [0.25, 0.3) is 16.8 Å². The molecule has 0 aliphatic rings. The van der Waals surface area contributed by atoms with E-state index in [1.54, 1.807) is 0 Å². The minimum absolute atomic E-state index is 0.635. The Hall–Kier alpha value is -2.39. The van der Waals surface area contributed by atoms with Gasteiger partial charge in [-0.3, -0.25) is 4.55 Å². The van der Waals surface area contributed by atoms with Crippen LogP contribution in [0.15, 0.2) is 60.8 Å². The molecule has 2 aromatic carbocycles. The predicted octanol–water partition coefficient (Wildman–Crippen LogP) is 4.03. The molecule has 0 aliphatic carbocycles. The normalized spacial score (nSPS) is 11.1. The average molecular weight is 452 g/mol. The largest absolute Gasteiger partial charge is 0.476 e. The van der Waals surface area contributed by atoms with Crippen molar-refractivity contribution >= 4 is 21.7 Å². The molecule has 30 heavy (non-hydrogen) atoms. The molecule has 0 radical (unpaired) electrons. The van der Waals surface area contributed by atoms with Gasteiger partial charge in [0.2, 0.25) is 5.88 Å². The summed E-state index contributed by atoms with van der Waals surface area (Å²) in [7, 11) is 0.454. The molecule has 0 spiro atoms. The number of hydrogen-bond donors (Lipinski definition) is 1. The van der Waals surface area contributed by atoms with Gasteiger partial charge in [-0.05, 0) is 50.3 Å². The molecule has 0 amide bonds. The number of hydrogen-bond acceptors (Lipinski definition) is 5. The van der Waals surface area contributed by atoms with Crippen molar-refractivity contribution < 1.29 is 17.7 Å². The Morgan fingerprint density at radius 2 is 1.70 bits per heavy atom. The quantitative estimate of drug-likeness (QED) is 0.431. The van der Waals surface area contributed by atoms with Gasteiger partial charge in [-0.2, -0.15) is 8.42 Å². The number of rotatable bonds is 7. The molecule has 3 rings (SSSR count). The van der Waals surface area contributed by atoms with Crippen LogP contribution in [0.4, 0.5) is 0 Å². The first-order chi connectivity index (χ1) is 14.1. The van der Waals surface area contributed by atoms with Gasteiger partial charge in [-0.1, -0.05) is 41.9 Å². The van der Waals surface area contributed by atoms with Crippen LogP contribution >= 0.6 is 11.6 Å². The lowest BCUT2D eigenvalue weighted by Gasteiger charge is -2.10. The fraction of sp³-hybridized carbons (Fsp3) is 0.286. The van der Waals surface area contributed by atoms with E-state index < -0.39 is 10.1 Å². The molecule has 0 bridgehead atoms. The number of nitrogens with zero attached hydrogens (tertiary/aromatic N) is 3. The van der Waals surface area contributed by atoms with Crippen LogP contribution in [-0.2, 0) is 10.1 Å². The van der Waals surface area contributed by atoms with E-state index in [2.05, 4.69) is 36.2 Å². The molecule has 1 heterocycles. The first-order valence-electron chi connectivity index (χ1n) is 9.24. The van der Waals surface area contributed by atoms with Crippen molar-refractivity contribution in [3.63, 3.8) is 0 Å². The standard InChI is InChI=1S/C20H22ClN3O.CH4O3S/c1-23(2)13-6-14-25-20-19(16-7-4-3-5-8-16)15-24(22-20)18-11-9-17(21)10-12-18;1-5(2,3)4/h3-5,7-12,15H,6,13-14H2,1-2H3;1H3,(H,2,3,4). The maximum absolute atomic E-state index is 9.19. The zero-order chi connectivity index (χ0) is 22.1. The van der Waals surface area contributed by atoms with Gasteiger partial charge in [0.1, 0.15) is 0 Å². The lowest BCUT2D eigenvalue weighted by Crippen LogP contribution is -2.15. The molecular formula is C21H26ClN3O4S. The smallest absolute Gasteiger partial charge is 0.261 e. The highest BCUT2D eigenvalue weighted by Gasteiger charge is 2.13. The first kappa shape index (κ1) is 23.9. The molecule has 7 nitrogen and oxygen atoms in total. The van der Waals surface area contributed by atoms with Crippen molar-refractivity contribution in [2.45, 2.75) is 6.42 Å². The van der Waals surface area contributed by atoms with Crippen molar-refractivity contribution in [1.82, 2.24) is 14.7 Å². The Bertz CT molecular complexity index is 1010. The van der Waals surface area contributed by atoms with Gasteiger partial charge in [0.25, 0.3) is 10.1 Å². The molecule has 1 N–H and O–H groups in total. The van der Waals surface area contributed by atoms with E-state index in [0.29, 0.717) is 23.8 Å². The highest BCUT2D eigenvalue weighted by Crippen LogP contribution is 2.30. The summed E-state index contributed by atoms with van der Waals surface area (Å²) >= 11 is 5.98. The third-order valence-electron chi connectivity index (χ3n) is 3.84. The number of benzene rings is 2. The molecular weight excluding hydrogens is 426 g/mol. The third kappa shape index (κ3) is 8.54. The summed E-state index contributed by atoms with van der Waals surface area (Å²) in [6, 6.07) is 17.8. The topological polar surface area (TPSA) is 84.7 Å². The van der Waals surface area contributed by atoms with E-state index in [-0.39, 0.29) is 0 Å². The number of aromatic nitrogens is 2. The van der Waals surface area contributed by atoms with Crippen molar-refractivity contribution in [2.24, 2.45) is 0 Å². The van der Waals surface area contributed by atoms with Crippen LogP contribution in [0.3, 0.4) is 0 Å². The molecule has 0 fully saturated rings. The van der Waals surface area contributed by atoms with Crippen LogP contribution in [-0.4, -0.2) is 61.2 Å². The van der Waals surface area contributed by atoms with Crippen molar-refractivity contribution in [2.75, 3.05) is 33.5 Å². The Morgan fingerprint density at radius 1 is 1.10 bits per heavy atom.